The zero-order valence-electron chi connectivity index (χ0n) is 13.2. The number of rotatable bonds is 5. The molecule has 0 amide bonds. The molecule has 1 N–H and O–H groups in total. The van der Waals surface area contributed by atoms with Crippen LogP contribution >= 0.6 is 0 Å². The van der Waals surface area contributed by atoms with Crippen LogP contribution in [0.3, 0.4) is 0 Å². The molecular formula is C18H18N4O2. The maximum atomic E-state index is 5.82. The summed E-state index contributed by atoms with van der Waals surface area (Å²) >= 11 is 0. The van der Waals surface area contributed by atoms with Gasteiger partial charge in [-0.1, -0.05) is 23.4 Å². The monoisotopic (exact) mass is 322 g/mol. The summed E-state index contributed by atoms with van der Waals surface area (Å²) in [6.07, 6.45) is 4.58. The SMILES string of the molecule is c1cncc(COc2cccc(-c3noc([C@@H]4CCNC4)n3)c2)c1. The van der Waals surface area contributed by atoms with Crippen LogP contribution in [0.25, 0.3) is 11.4 Å². The molecule has 1 aliphatic rings. The van der Waals surface area contributed by atoms with E-state index in [4.69, 9.17) is 9.26 Å². The quantitative estimate of drug-likeness (QED) is 0.779. The molecule has 1 atom stereocenters. The summed E-state index contributed by atoms with van der Waals surface area (Å²) in [5.74, 6) is 2.39. The van der Waals surface area contributed by atoms with Gasteiger partial charge in [0.25, 0.3) is 0 Å². The third kappa shape index (κ3) is 3.28. The van der Waals surface area contributed by atoms with E-state index in [0.717, 1.165) is 36.4 Å². The first-order valence-corrected chi connectivity index (χ1v) is 8.05. The van der Waals surface area contributed by atoms with Crippen molar-refractivity contribution in [1.29, 1.82) is 0 Å². The van der Waals surface area contributed by atoms with Gasteiger partial charge in [-0.25, -0.2) is 0 Å². The first kappa shape index (κ1) is 14.8. The molecule has 4 rings (SSSR count). The summed E-state index contributed by atoms with van der Waals surface area (Å²) < 4.78 is 11.2. The third-order valence-corrected chi connectivity index (χ3v) is 4.07. The van der Waals surface area contributed by atoms with Crippen LogP contribution in [-0.2, 0) is 6.61 Å². The van der Waals surface area contributed by atoms with Crippen molar-refractivity contribution in [3.63, 3.8) is 0 Å². The highest BCUT2D eigenvalue weighted by Gasteiger charge is 2.23. The van der Waals surface area contributed by atoms with E-state index in [1.54, 1.807) is 12.4 Å². The van der Waals surface area contributed by atoms with Gasteiger partial charge in [0.15, 0.2) is 0 Å². The minimum atomic E-state index is 0.316. The average Bonchev–Trinajstić information content (AvgIpc) is 3.32. The highest BCUT2D eigenvalue weighted by atomic mass is 16.5. The predicted molar refractivity (Wildman–Crippen MR) is 88.5 cm³/mol. The van der Waals surface area contributed by atoms with Crippen molar-refractivity contribution in [1.82, 2.24) is 20.4 Å². The standard InChI is InChI=1S/C18H18N4O2/c1-4-14(17-21-18(24-22-17)15-6-8-20-11-15)9-16(5-1)23-12-13-3-2-7-19-10-13/h1-5,7,9-10,15,20H,6,8,11-12H2/t15-/m1/s1. The Hall–Kier alpha value is -2.73. The fraction of sp³-hybridized carbons (Fsp3) is 0.278. The average molecular weight is 322 g/mol. The second-order valence-electron chi connectivity index (χ2n) is 5.82. The Labute approximate surface area is 139 Å². The van der Waals surface area contributed by atoms with Gasteiger partial charge in [-0.2, -0.15) is 4.98 Å². The smallest absolute Gasteiger partial charge is 0.231 e. The lowest BCUT2D eigenvalue weighted by Crippen LogP contribution is -2.08. The molecule has 0 spiro atoms. The summed E-state index contributed by atoms with van der Waals surface area (Å²) in [4.78, 5) is 8.62. The number of aromatic nitrogens is 3. The Bertz CT molecular complexity index is 798. The van der Waals surface area contributed by atoms with Crippen LogP contribution < -0.4 is 10.1 Å². The van der Waals surface area contributed by atoms with Crippen LogP contribution in [0.1, 0.15) is 23.8 Å². The van der Waals surface area contributed by atoms with E-state index in [-0.39, 0.29) is 0 Å². The predicted octanol–water partition coefficient (Wildman–Crippen LogP) is 2.79. The Morgan fingerprint density at radius 2 is 2.25 bits per heavy atom. The second kappa shape index (κ2) is 6.80. The van der Waals surface area contributed by atoms with Gasteiger partial charge in [0.05, 0.1) is 5.92 Å². The van der Waals surface area contributed by atoms with E-state index in [9.17, 15) is 0 Å². The third-order valence-electron chi connectivity index (χ3n) is 4.07. The molecule has 1 aliphatic heterocycles. The minimum Gasteiger partial charge on any atom is -0.489 e. The summed E-state index contributed by atoms with van der Waals surface area (Å²) in [6, 6.07) is 11.6. The number of hydrogen-bond acceptors (Lipinski definition) is 6. The summed E-state index contributed by atoms with van der Waals surface area (Å²) in [7, 11) is 0. The number of ether oxygens (including phenoxy) is 1. The van der Waals surface area contributed by atoms with Crippen molar-refractivity contribution in [2.24, 2.45) is 0 Å². The van der Waals surface area contributed by atoms with Crippen LogP contribution in [0.5, 0.6) is 5.75 Å². The van der Waals surface area contributed by atoms with E-state index in [0.29, 0.717) is 24.2 Å². The molecule has 3 aromatic rings. The van der Waals surface area contributed by atoms with Crippen molar-refractivity contribution in [2.75, 3.05) is 13.1 Å². The Morgan fingerprint density at radius 3 is 3.08 bits per heavy atom. The molecule has 122 valence electrons. The lowest BCUT2D eigenvalue weighted by atomic mass is 10.1. The van der Waals surface area contributed by atoms with Crippen molar-refractivity contribution < 1.29 is 9.26 Å². The van der Waals surface area contributed by atoms with Gasteiger partial charge in [-0.15, -0.1) is 0 Å². The zero-order valence-corrected chi connectivity index (χ0v) is 13.2. The first-order valence-electron chi connectivity index (χ1n) is 8.05. The largest absolute Gasteiger partial charge is 0.489 e. The highest BCUT2D eigenvalue weighted by Crippen LogP contribution is 2.26. The molecule has 2 aromatic heterocycles. The summed E-state index contributed by atoms with van der Waals surface area (Å²) in [5, 5.41) is 7.42. The van der Waals surface area contributed by atoms with Crippen LogP contribution in [-0.4, -0.2) is 28.2 Å². The maximum absolute atomic E-state index is 5.82. The van der Waals surface area contributed by atoms with Gasteiger partial charge >= 0.3 is 0 Å². The van der Waals surface area contributed by atoms with Crippen LogP contribution in [0.15, 0.2) is 53.3 Å². The van der Waals surface area contributed by atoms with Crippen molar-refractivity contribution in [3.8, 4) is 17.1 Å². The van der Waals surface area contributed by atoms with Gasteiger partial charge in [0.2, 0.25) is 11.7 Å². The lowest BCUT2D eigenvalue weighted by Gasteiger charge is -2.06. The van der Waals surface area contributed by atoms with E-state index >= 15 is 0 Å². The molecule has 6 nitrogen and oxygen atoms in total. The van der Waals surface area contributed by atoms with Crippen LogP contribution in [0.4, 0.5) is 0 Å². The fourth-order valence-corrected chi connectivity index (χ4v) is 2.76. The lowest BCUT2D eigenvalue weighted by molar-refractivity contribution is 0.306. The first-order chi connectivity index (χ1) is 11.9. The minimum absolute atomic E-state index is 0.316. The zero-order chi connectivity index (χ0) is 16.2. The van der Waals surface area contributed by atoms with Gasteiger partial charge in [0.1, 0.15) is 12.4 Å². The fourth-order valence-electron chi connectivity index (χ4n) is 2.76. The molecular weight excluding hydrogens is 304 g/mol. The van der Waals surface area contributed by atoms with E-state index in [1.807, 2.05) is 36.4 Å². The van der Waals surface area contributed by atoms with Crippen molar-refractivity contribution >= 4 is 0 Å². The molecule has 0 radical (unpaired) electrons. The topological polar surface area (TPSA) is 73.1 Å². The van der Waals surface area contributed by atoms with Crippen LogP contribution in [0, 0.1) is 0 Å². The Kier molecular flexibility index (Phi) is 4.20. The summed E-state index contributed by atoms with van der Waals surface area (Å²) in [5.41, 5.74) is 1.91. The molecule has 3 heterocycles. The molecule has 24 heavy (non-hydrogen) atoms. The molecule has 0 unspecified atom stereocenters. The number of nitrogens with zero attached hydrogens (tertiary/aromatic N) is 3. The Balaban J connectivity index is 1.48. The normalized spacial score (nSPS) is 17.1. The van der Waals surface area contributed by atoms with E-state index in [1.165, 1.54) is 0 Å². The molecule has 1 aromatic carbocycles. The molecule has 0 saturated carbocycles. The van der Waals surface area contributed by atoms with Gasteiger partial charge in [0, 0.05) is 30.1 Å². The van der Waals surface area contributed by atoms with Crippen LogP contribution in [0.2, 0.25) is 0 Å². The molecule has 1 fully saturated rings. The van der Waals surface area contributed by atoms with Gasteiger partial charge < -0.3 is 14.6 Å². The highest BCUT2D eigenvalue weighted by molar-refractivity contribution is 5.56. The van der Waals surface area contributed by atoms with Crippen molar-refractivity contribution in [2.45, 2.75) is 18.9 Å². The maximum Gasteiger partial charge on any atom is 0.231 e. The van der Waals surface area contributed by atoms with Gasteiger partial charge in [-0.05, 0) is 31.2 Å². The molecule has 0 aliphatic carbocycles. The van der Waals surface area contributed by atoms with Gasteiger partial charge in [-0.3, -0.25) is 4.98 Å². The number of hydrogen-bond donors (Lipinski definition) is 1. The number of benzene rings is 1. The van der Waals surface area contributed by atoms with Crippen molar-refractivity contribution in [3.05, 3.63) is 60.2 Å². The number of nitrogens with one attached hydrogen (secondary N) is 1. The summed E-state index contributed by atoms with van der Waals surface area (Å²) in [6.45, 7) is 2.37. The second-order valence-corrected chi connectivity index (χ2v) is 5.82. The van der Waals surface area contributed by atoms with E-state index < -0.39 is 0 Å². The number of pyridine rings is 1. The Morgan fingerprint density at radius 1 is 1.25 bits per heavy atom. The molecule has 1 saturated heterocycles. The van der Waals surface area contributed by atoms with E-state index in [2.05, 4.69) is 20.4 Å². The molecule has 6 heteroatoms. The molecule has 0 bridgehead atoms.